The number of halogens is 3. The molecule has 3 atom stereocenters. The average molecular weight is 521 g/mol. The van der Waals surface area contributed by atoms with Gasteiger partial charge in [-0.2, -0.15) is 13.2 Å². The second-order valence-electron chi connectivity index (χ2n) is 8.95. The number of aryl methyl sites for hydroxylation is 1. The fraction of sp³-hybridized carbons (Fsp3) is 0.458. The molecule has 2 aliphatic rings. The van der Waals surface area contributed by atoms with Crippen LogP contribution in [0.15, 0.2) is 40.2 Å². The molecule has 0 radical (unpaired) electrons. The number of aliphatic carboxylic acids is 1. The fourth-order valence-corrected chi connectivity index (χ4v) is 4.97. The van der Waals surface area contributed by atoms with E-state index in [1.807, 2.05) is 31.2 Å². The normalized spacial score (nSPS) is 20.8. The molecular formula is C24H26F3N5O5. The Hall–Kier alpha value is -3.99. The summed E-state index contributed by atoms with van der Waals surface area (Å²) in [4.78, 5) is 40.4. The van der Waals surface area contributed by atoms with Crippen molar-refractivity contribution in [3.05, 3.63) is 62.3 Å². The molecule has 1 aliphatic carbocycles. The lowest BCUT2D eigenvalue weighted by Crippen LogP contribution is -2.30. The van der Waals surface area contributed by atoms with Crippen molar-refractivity contribution < 1.29 is 33.0 Å². The summed E-state index contributed by atoms with van der Waals surface area (Å²) in [6, 6.07) is 9.56. The van der Waals surface area contributed by atoms with E-state index in [0.29, 0.717) is 24.0 Å². The Bertz CT molecular complexity index is 1250. The Morgan fingerprint density at radius 3 is 2.38 bits per heavy atom. The molecule has 37 heavy (non-hydrogen) atoms. The fourth-order valence-electron chi connectivity index (χ4n) is 4.97. The third-order valence-electron chi connectivity index (χ3n) is 6.76. The summed E-state index contributed by atoms with van der Waals surface area (Å²) in [6.07, 6.45) is -1.22. The number of carboxylic acid groups (broad SMARTS) is 2. The van der Waals surface area contributed by atoms with Crippen LogP contribution in [0.25, 0.3) is 21.7 Å². The van der Waals surface area contributed by atoms with E-state index in [9.17, 15) is 27.9 Å². The van der Waals surface area contributed by atoms with Crippen LogP contribution in [0.4, 0.5) is 18.9 Å². The topological polar surface area (TPSA) is 159 Å². The van der Waals surface area contributed by atoms with Crippen LogP contribution < -0.4 is 10.5 Å². The van der Waals surface area contributed by atoms with E-state index in [2.05, 4.69) is 19.9 Å². The monoisotopic (exact) mass is 521 g/mol. The summed E-state index contributed by atoms with van der Waals surface area (Å²) >= 11 is 0. The first-order valence-electron chi connectivity index (χ1n) is 11.6. The Morgan fingerprint density at radius 1 is 1.19 bits per heavy atom. The number of hydrogen-bond donors (Lipinski definition) is 3. The molecule has 13 heteroatoms. The minimum absolute atomic E-state index is 0.0861. The number of H-pyrrole nitrogens is 1. The minimum atomic E-state index is -5.08. The van der Waals surface area contributed by atoms with Crippen LogP contribution in [-0.4, -0.2) is 52.4 Å². The summed E-state index contributed by atoms with van der Waals surface area (Å²) in [5.41, 5.74) is 11.5. The minimum Gasteiger partial charge on any atom is -0.477 e. The number of rotatable bonds is 5. The highest BCUT2D eigenvalue weighted by atomic mass is 19.4. The van der Waals surface area contributed by atoms with Crippen molar-refractivity contribution in [2.45, 2.75) is 44.8 Å². The summed E-state index contributed by atoms with van der Waals surface area (Å²) in [6.45, 7) is 3.78. The van der Waals surface area contributed by atoms with Crippen LogP contribution in [0.1, 0.15) is 42.1 Å². The zero-order chi connectivity index (χ0) is 27.3. The van der Waals surface area contributed by atoms with Crippen LogP contribution in [0, 0.1) is 11.8 Å². The third-order valence-corrected chi connectivity index (χ3v) is 6.76. The maximum absolute atomic E-state index is 12.1. The zero-order valence-electron chi connectivity index (χ0n) is 19.9. The lowest BCUT2D eigenvalue weighted by atomic mass is 9.78. The van der Waals surface area contributed by atoms with Gasteiger partial charge in [0.1, 0.15) is 5.56 Å². The van der Waals surface area contributed by atoms with Crippen LogP contribution in [0.2, 0.25) is 0 Å². The smallest absolute Gasteiger partial charge is 0.477 e. The number of carbonyl (C=O) groups is 2. The van der Waals surface area contributed by atoms with Gasteiger partial charge in [0.05, 0.1) is 5.69 Å². The van der Waals surface area contributed by atoms with Crippen LogP contribution in [-0.2, 0) is 11.2 Å². The van der Waals surface area contributed by atoms with Crippen molar-refractivity contribution in [2.24, 2.45) is 17.0 Å². The molecule has 0 bridgehead atoms. The van der Waals surface area contributed by atoms with Crippen molar-refractivity contribution >= 4 is 17.6 Å². The molecule has 3 N–H and O–H groups in total. The number of benzene rings is 1. The van der Waals surface area contributed by atoms with Gasteiger partial charge in [-0.15, -0.1) is 0 Å². The number of aromatic carboxylic acids is 1. The van der Waals surface area contributed by atoms with Crippen LogP contribution in [0.5, 0.6) is 0 Å². The quantitative estimate of drug-likeness (QED) is 0.290. The van der Waals surface area contributed by atoms with Crippen molar-refractivity contribution in [3.8, 4) is 11.3 Å². The summed E-state index contributed by atoms with van der Waals surface area (Å²) in [5, 5.41) is 20.4. The van der Waals surface area contributed by atoms with Crippen LogP contribution >= 0.6 is 0 Å². The molecule has 198 valence electrons. The Kier molecular flexibility index (Phi) is 8.49. The highest BCUT2D eigenvalue weighted by molar-refractivity contribution is 5.88. The second kappa shape index (κ2) is 11.4. The number of carboxylic acids is 2. The Balaban J connectivity index is 0.000000479. The lowest BCUT2D eigenvalue weighted by molar-refractivity contribution is -0.192. The number of azide groups is 1. The number of alkyl halides is 3. The predicted octanol–water partition coefficient (Wildman–Crippen LogP) is 4.85. The maximum Gasteiger partial charge on any atom is 0.490 e. The van der Waals surface area contributed by atoms with Crippen molar-refractivity contribution in [2.75, 3.05) is 18.0 Å². The van der Waals surface area contributed by atoms with E-state index in [4.69, 9.17) is 15.4 Å². The molecule has 1 aromatic heterocycles. The van der Waals surface area contributed by atoms with Gasteiger partial charge in [-0.25, -0.2) is 9.59 Å². The van der Waals surface area contributed by atoms with E-state index < -0.39 is 23.7 Å². The van der Waals surface area contributed by atoms with E-state index in [1.54, 1.807) is 0 Å². The number of hydrogen-bond acceptors (Lipinski definition) is 5. The van der Waals surface area contributed by atoms with Crippen molar-refractivity contribution in [3.63, 3.8) is 0 Å². The number of aromatic amines is 1. The highest BCUT2D eigenvalue weighted by Gasteiger charge is 2.40. The first-order chi connectivity index (χ1) is 17.5. The highest BCUT2D eigenvalue weighted by Crippen LogP contribution is 2.40. The number of nitrogens with one attached hydrogen (secondary N) is 1. The molecule has 0 amide bonds. The molecule has 1 aliphatic heterocycles. The molecule has 2 aromatic rings. The van der Waals surface area contributed by atoms with Crippen LogP contribution in [0.3, 0.4) is 0 Å². The van der Waals surface area contributed by atoms with E-state index in [0.717, 1.165) is 42.7 Å². The standard InChI is InChI=1S/C22H25N5O3.C2HF3O2/c1-2-13-10-17(22(29)30)21(28)24-20(13)14-6-8-16(9-7-14)27-11-15-4-3-5-19(25-26-23)18(15)12-27;3-2(4,5)1(6)7/h6-10,15,18-19H,2-5,11-12H2,1H3,(H,24,28)(H,29,30);(H,6,7)/t15-,18+,19?;/m1./s1. The van der Waals surface area contributed by atoms with E-state index >= 15 is 0 Å². The average Bonchev–Trinajstić information content (AvgIpc) is 3.29. The van der Waals surface area contributed by atoms with Crippen molar-refractivity contribution in [1.29, 1.82) is 0 Å². The molecule has 1 saturated carbocycles. The molecule has 2 heterocycles. The van der Waals surface area contributed by atoms with Crippen molar-refractivity contribution in [1.82, 2.24) is 4.98 Å². The van der Waals surface area contributed by atoms with Gasteiger partial charge in [0.25, 0.3) is 5.56 Å². The van der Waals surface area contributed by atoms with Gasteiger partial charge in [-0.05, 0) is 66.0 Å². The number of aromatic nitrogens is 1. The van der Waals surface area contributed by atoms with Gasteiger partial charge in [0.2, 0.25) is 0 Å². The largest absolute Gasteiger partial charge is 0.490 e. The van der Waals surface area contributed by atoms with Gasteiger partial charge in [-0.3, -0.25) is 4.79 Å². The zero-order valence-corrected chi connectivity index (χ0v) is 19.9. The molecule has 2 fully saturated rings. The first-order valence-corrected chi connectivity index (χ1v) is 11.6. The van der Waals surface area contributed by atoms with E-state index in [1.165, 1.54) is 12.5 Å². The Morgan fingerprint density at radius 2 is 1.84 bits per heavy atom. The number of fused-ring (bicyclic) bond motifs is 1. The number of anilines is 1. The summed E-state index contributed by atoms with van der Waals surface area (Å²) in [5.74, 6) is -3.02. The SMILES string of the molecule is CCc1cc(C(=O)O)c(=O)[nH]c1-c1ccc(N2C[C@H]3CCCC(N=[N+]=[N-])[C@H]3C2)cc1.O=C(O)C(F)(F)F. The molecule has 0 spiro atoms. The second-order valence-corrected chi connectivity index (χ2v) is 8.95. The number of nitrogens with zero attached hydrogens (tertiary/aromatic N) is 4. The third kappa shape index (κ3) is 6.42. The first kappa shape index (κ1) is 27.6. The summed E-state index contributed by atoms with van der Waals surface area (Å²) in [7, 11) is 0. The van der Waals surface area contributed by atoms with Gasteiger partial charge < -0.3 is 20.1 Å². The van der Waals surface area contributed by atoms with Gasteiger partial charge in [0, 0.05) is 29.7 Å². The summed E-state index contributed by atoms with van der Waals surface area (Å²) < 4.78 is 31.7. The number of pyridine rings is 1. The molecule has 1 unspecified atom stereocenters. The maximum atomic E-state index is 12.1. The van der Waals surface area contributed by atoms with E-state index in [-0.39, 0.29) is 11.6 Å². The molecule has 1 saturated heterocycles. The van der Waals surface area contributed by atoms with Gasteiger partial charge in [-0.1, -0.05) is 30.6 Å². The molecule has 1 aromatic carbocycles. The Labute approximate surface area is 209 Å². The van der Waals surface area contributed by atoms with Gasteiger partial charge >= 0.3 is 18.1 Å². The molecule has 10 nitrogen and oxygen atoms in total. The predicted molar refractivity (Wildman–Crippen MR) is 129 cm³/mol. The lowest BCUT2D eigenvalue weighted by Gasteiger charge is -2.29. The molecule has 4 rings (SSSR count). The van der Waals surface area contributed by atoms with Gasteiger partial charge in [0.15, 0.2) is 0 Å². The molecular weight excluding hydrogens is 495 g/mol.